The molecule has 1 aliphatic heterocycles. The fourth-order valence-corrected chi connectivity index (χ4v) is 2.14. The van der Waals surface area contributed by atoms with E-state index in [1.807, 2.05) is 0 Å². The van der Waals surface area contributed by atoms with Crippen molar-refractivity contribution in [1.82, 2.24) is 10.3 Å². The number of nitrogens with zero attached hydrogens (tertiary/aromatic N) is 2. The largest absolute Gasteiger partial charge is 0.334 e. The van der Waals surface area contributed by atoms with E-state index in [0.717, 1.165) is 12.8 Å². The highest BCUT2D eigenvalue weighted by atomic mass is 19.1. The molecule has 21 heavy (non-hydrogen) atoms. The number of hydrogen-bond acceptors (Lipinski definition) is 3. The summed E-state index contributed by atoms with van der Waals surface area (Å²) in [7, 11) is 0. The lowest BCUT2D eigenvalue weighted by atomic mass is 9.99. The number of hydrogen-bond donors (Lipinski definition) is 1. The van der Waals surface area contributed by atoms with E-state index in [1.54, 1.807) is 12.1 Å². The molecule has 6 heteroatoms. The molecule has 1 fully saturated rings. The second kappa shape index (κ2) is 6.97. The van der Waals surface area contributed by atoms with Gasteiger partial charge in [-0.05, 0) is 24.8 Å². The van der Waals surface area contributed by atoms with Gasteiger partial charge in [0.2, 0.25) is 0 Å². The minimum atomic E-state index is -0.794. The predicted molar refractivity (Wildman–Crippen MR) is 77.1 cm³/mol. The summed E-state index contributed by atoms with van der Waals surface area (Å²) in [5.74, 6) is -1.24. The molecule has 0 saturated carbocycles. The Morgan fingerprint density at radius 2 is 2.00 bits per heavy atom. The molecule has 0 aliphatic carbocycles. The third kappa shape index (κ3) is 4.11. The summed E-state index contributed by atoms with van der Waals surface area (Å²) in [6, 6.07) is 6.04. The molecular formula is C15H18FN3O2. The summed E-state index contributed by atoms with van der Waals surface area (Å²) in [4.78, 5) is 25.1. The highest BCUT2D eigenvalue weighted by molar-refractivity contribution is 6.35. The van der Waals surface area contributed by atoms with Crippen LogP contribution in [0.1, 0.15) is 25.3 Å². The van der Waals surface area contributed by atoms with Crippen molar-refractivity contribution in [3.63, 3.8) is 0 Å². The van der Waals surface area contributed by atoms with E-state index in [0.29, 0.717) is 19.0 Å². The SMILES string of the molecule is CC1CCN(C(=O)C(=O)N/N=C\c2ccccc2F)CC1. The Labute approximate surface area is 122 Å². The lowest BCUT2D eigenvalue weighted by Gasteiger charge is -2.29. The van der Waals surface area contributed by atoms with Crippen LogP contribution in [0.2, 0.25) is 0 Å². The average Bonchev–Trinajstić information content (AvgIpc) is 2.49. The molecule has 0 unspecified atom stereocenters. The number of nitrogens with one attached hydrogen (secondary N) is 1. The first kappa shape index (κ1) is 15.2. The number of likely N-dealkylation sites (tertiary alicyclic amines) is 1. The molecule has 2 rings (SSSR count). The smallest absolute Gasteiger partial charge is 0.329 e. The normalized spacial score (nSPS) is 16.2. The second-order valence-electron chi connectivity index (χ2n) is 5.20. The summed E-state index contributed by atoms with van der Waals surface area (Å²) in [5.41, 5.74) is 2.39. The number of halogens is 1. The Hall–Kier alpha value is -2.24. The van der Waals surface area contributed by atoms with Gasteiger partial charge >= 0.3 is 11.8 Å². The van der Waals surface area contributed by atoms with Crippen molar-refractivity contribution >= 4 is 18.0 Å². The van der Waals surface area contributed by atoms with E-state index in [4.69, 9.17) is 0 Å². The van der Waals surface area contributed by atoms with Crippen LogP contribution in [0.15, 0.2) is 29.4 Å². The molecule has 0 atom stereocenters. The van der Waals surface area contributed by atoms with Gasteiger partial charge in [-0.2, -0.15) is 5.10 Å². The lowest BCUT2D eigenvalue weighted by molar-refractivity contribution is -0.146. The number of carbonyl (C=O) groups is 2. The van der Waals surface area contributed by atoms with E-state index in [2.05, 4.69) is 17.5 Å². The van der Waals surface area contributed by atoms with Crippen LogP contribution in [0.4, 0.5) is 4.39 Å². The fourth-order valence-electron chi connectivity index (χ4n) is 2.14. The molecule has 0 spiro atoms. The van der Waals surface area contributed by atoms with Crippen molar-refractivity contribution in [2.45, 2.75) is 19.8 Å². The van der Waals surface area contributed by atoms with Crippen LogP contribution in [0, 0.1) is 11.7 Å². The van der Waals surface area contributed by atoms with Crippen molar-refractivity contribution in [2.75, 3.05) is 13.1 Å². The summed E-state index contributed by atoms with van der Waals surface area (Å²) in [6.45, 7) is 3.30. The highest BCUT2D eigenvalue weighted by Crippen LogP contribution is 2.15. The van der Waals surface area contributed by atoms with Crippen molar-refractivity contribution in [1.29, 1.82) is 0 Å². The van der Waals surface area contributed by atoms with E-state index < -0.39 is 17.6 Å². The Morgan fingerprint density at radius 1 is 1.33 bits per heavy atom. The molecular weight excluding hydrogens is 273 g/mol. The van der Waals surface area contributed by atoms with Gasteiger partial charge in [0.25, 0.3) is 0 Å². The van der Waals surface area contributed by atoms with E-state index >= 15 is 0 Å². The number of piperidine rings is 1. The molecule has 1 aliphatic rings. The monoisotopic (exact) mass is 291 g/mol. The van der Waals surface area contributed by atoms with Crippen LogP contribution in [0.25, 0.3) is 0 Å². The average molecular weight is 291 g/mol. The second-order valence-corrected chi connectivity index (χ2v) is 5.20. The molecule has 112 valence electrons. The number of hydrazone groups is 1. The summed E-state index contributed by atoms with van der Waals surface area (Å²) >= 11 is 0. The third-order valence-corrected chi connectivity index (χ3v) is 3.54. The van der Waals surface area contributed by atoms with E-state index in [1.165, 1.54) is 23.2 Å². The van der Waals surface area contributed by atoms with Gasteiger partial charge in [0.1, 0.15) is 5.82 Å². The van der Waals surface area contributed by atoms with Crippen LogP contribution in [0.3, 0.4) is 0 Å². The van der Waals surface area contributed by atoms with Gasteiger partial charge in [0.05, 0.1) is 6.21 Å². The van der Waals surface area contributed by atoms with Crippen molar-refractivity contribution in [3.05, 3.63) is 35.6 Å². The van der Waals surface area contributed by atoms with Crippen molar-refractivity contribution in [2.24, 2.45) is 11.0 Å². The topological polar surface area (TPSA) is 61.8 Å². The first-order valence-electron chi connectivity index (χ1n) is 6.94. The maximum absolute atomic E-state index is 13.3. The molecule has 0 radical (unpaired) electrons. The standard InChI is InChI=1S/C15H18FN3O2/c1-11-6-8-19(9-7-11)15(21)14(20)18-17-10-12-4-2-3-5-13(12)16/h2-5,10-11H,6-9H2,1H3,(H,18,20)/b17-10-. The molecule has 1 aromatic rings. The minimum Gasteiger partial charge on any atom is -0.334 e. The molecule has 1 heterocycles. The van der Waals surface area contributed by atoms with Crippen LogP contribution < -0.4 is 5.43 Å². The Bertz CT molecular complexity index is 552. The van der Waals surface area contributed by atoms with Gasteiger partial charge in [0, 0.05) is 18.7 Å². The quantitative estimate of drug-likeness (QED) is 0.510. The Kier molecular flexibility index (Phi) is 5.03. The van der Waals surface area contributed by atoms with Gasteiger partial charge in [-0.1, -0.05) is 25.1 Å². The van der Waals surface area contributed by atoms with Crippen molar-refractivity contribution in [3.8, 4) is 0 Å². The van der Waals surface area contributed by atoms with Crippen LogP contribution >= 0.6 is 0 Å². The van der Waals surface area contributed by atoms with Crippen LogP contribution in [-0.2, 0) is 9.59 Å². The lowest BCUT2D eigenvalue weighted by Crippen LogP contribution is -2.45. The Morgan fingerprint density at radius 3 is 2.67 bits per heavy atom. The van der Waals surface area contributed by atoms with Gasteiger partial charge in [-0.3, -0.25) is 9.59 Å². The Balaban J connectivity index is 1.87. The summed E-state index contributed by atoms with van der Waals surface area (Å²) < 4.78 is 13.3. The van der Waals surface area contributed by atoms with Crippen molar-refractivity contribution < 1.29 is 14.0 Å². The minimum absolute atomic E-state index is 0.247. The zero-order chi connectivity index (χ0) is 15.2. The summed E-state index contributed by atoms with van der Waals surface area (Å²) in [6.07, 6.45) is 2.98. The predicted octanol–water partition coefficient (Wildman–Crippen LogP) is 1.53. The zero-order valence-electron chi connectivity index (χ0n) is 11.9. The van der Waals surface area contributed by atoms with E-state index in [-0.39, 0.29) is 5.56 Å². The molecule has 1 N–H and O–H groups in total. The fraction of sp³-hybridized carbons (Fsp3) is 0.400. The summed E-state index contributed by atoms with van der Waals surface area (Å²) in [5, 5.41) is 3.62. The van der Waals surface area contributed by atoms with Gasteiger partial charge < -0.3 is 4.90 Å². The first-order valence-corrected chi connectivity index (χ1v) is 6.94. The van der Waals surface area contributed by atoms with Gasteiger partial charge in [-0.25, -0.2) is 9.82 Å². The van der Waals surface area contributed by atoms with Gasteiger partial charge in [0.15, 0.2) is 0 Å². The van der Waals surface area contributed by atoms with E-state index in [9.17, 15) is 14.0 Å². The van der Waals surface area contributed by atoms with Crippen LogP contribution in [0.5, 0.6) is 0 Å². The first-order chi connectivity index (χ1) is 10.1. The molecule has 2 amide bonds. The molecule has 5 nitrogen and oxygen atoms in total. The zero-order valence-corrected chi connectivity index (χ0v) is 11.9. The molecule has 0 bridgehead atoms. The number of amides is 2. The molecule has 1 aromatic carbocycles. The molecule has 1 saturated heterocycles. The molecule has 0 aromatic heterocycles. The maximum Gasteiger partial charge on any atom is 0.329 e. The maximum atomic E-state index is 13.3. The third-order valence-electron chi connectivity index (χ3n) is 3.54. The number of rotatable bonds is 2. The highest BCUT2D eigenvalue weighted by Gasteiger charge is 2.25. The number of carbonyl (C=O) groups excluding carboxylic acids is 2. The number of benzene rings is 1. The van der Waals surface area contributed by atoms with Gasteiger partial charge in [-0.15, -0.1) is 0 Å². The van der Waals surface area contributed by atoms with Crippen LogP contribution in [-0.4, -0.2) is 36.0 Å².